The number of anilines is 3. The summed E-state index contributed by atoms with van der Waals surface area (Å²) in [5, 5.41) is 6.84. The molecule has 0 saturated heterocycles. The summed E-state index contributed by atoms with van der Waals surface area (Å²) >= 11 is 6.10. The monoisotopic (exact) mass is 362 g/mol. The Morgan fingerprint density at radius 1 is 0.885 bits per heavy atom. The number of benzene rings is 3. The molecule has 0 saturated carbocycles. The van der Waals surface area contributed by atoms with Gasteiger partial charge in [-0.25, -0.2) is 0 Å². The summed E-state index contributed by atoms with van der Waals surface area (Å²) in [5.74, 6) is -0.219. The number of aryl methyl sites for hydroxylation is 1. The van der Waals surface area contributed by atoms with Crippen molar-refractivity contribution >= 4 is 40.6 Å². The van der Waals surface area contributed by atoms with Crippen LogP contribution in [0.25, 0.3) is 6.08 Å². The second-order valence-corrected chi connectivity index (χ2v) is 6.29. The lowest BCUT2D eigenvalue weighted by Gasteiger charge is -2.12. The Kier molecular flexibility index (Phi) is 5.72. The van der Waals surface area contributed by atoms with Gasteiger partial charge in [-0.1, -0.05) is 59.6 Å². The highest BCUT2D eigenvalue weighted by atomic mass is 35.5. The third-order valence-electron chi connectivity index (χ3n) is 3.83. The Balaban J connectivity index is 1.72. The minimum atomic E-state index is -0.219. The van der Waals surface area contributed by atoms with Gasteiger partial charge in [0.05, 0.1) is 11.4 Å². The normalized spacial score (nSPS) is 10.7. The molecular formula is C22H19ClN2O. The molecule has 0 fully saturated rings. The van der Waals surface area contributed by atoms with Crippen molar-refractivity contribution in [2.45, 2.75) is 6.92 Å². The smallest absolute Gasteiger partial charge is 0.248 e. The number of para-hydroxylation sites is 2. The SMILES string of the molecule is Cc1ccc(Nc2ccccc2NC(=O)/C=C/c2ccccc2Cl)cc1. The minimum absolute atomic E-state index is 0.219. The van der Waals surface area contributed by atoms with Crippen molar-refractivity contribution in [1.29, 1.82) is 0 Å². The van der Waals surface area contributed by atoms with Crippen LogP contribution in [0.4, 0.5) is 17.1 Å². The van der Waals surface area contributed by atoms with E-state index in [9.17, 15) is 4.79 Å². The van der Waals surface area contributed by atoms with Crippen LogP contribution in [0.2, 0.25) is 5.02 Å². The number of amides is 1. The first-order valence-electron chi connectivity index (χ1n) is 8.28. The van der Waals surface area contributed by atoms with Crippen molar-refractivity contribution in [2.75, 3.05) is 10.6 Å². The van der Waals surface area contributed by atoms with Crippen LogP contribution in [0.3, 0.4) is 0 Å². The highest BCUT2D eigenvalue weighted by molar-refractivity contribution is 6.32. The first-order chi connectivity index (χ1) is 12.6. The van der Waals surface area contributed by atoms with Gasteiger partial charge in [0.1, 0.15) is 0 Å². The molecule has 0 radical (unpaired) electrons. The fourth-order valence-corrected chi connectivity index (χ4v) is 2.64. The molecule has 3 rings (SSSR count). The quantitative estimate of drug-likeness (QED) is 0.543. The lowest BCUT2D eigenvalue weighted by molar-refractivity contribution is -0.111. The summed E-state index contributed by atoms with van der Waals surface area (Å²) in [7, 11) is 0. The third-order valence-corrected chi connectivity index (χ3v) is 4.18. The fourth-order valence-electron chi connectivity index (χ4n) is 2.44. The van der Waals surface area contributed by atoms with Crippen molar-refractivity contribution in [2.24, 2.45) is 0 Å². The Labute approximate surface area is 158 Å². The molecule has 0 heterocycles. The van der Waals surface area contributed by atoms with E-state index in [1.807, 2.05) is 73.7 Å². The molecule has 3 nitrogen and oxygen atoms in total. The summed E-state index contributed by atoms with van der Waals surface area (Å²) in [4.78, 5) is 12.3. The zero-order valence-corrected chi connectivity index (χ0v) is 15.1. The van der Waals surface area contributed by atoms with E-state index in [1.54, 1.807) is 12.1 Å². The van der Waals surface area contributed by atoms with E-state index in [-0.39, 0.29) is 5.91 Å². The number of carbonyl (C=O) groups is 1. The average molecular weight is 363 g/mol. The van der Waals surface area contributed by atoms with Crippen molar-refractivity contribution in [3.8, 4) is 0 Å². The maximum atomic E-state index is 12.3. The van der Waals surface area contributed by atoms with E-state index in [0.29, 0.717) is 10.7 Å². The lowest BCUT2D eigenvalue weighted by Crippen LogP contribution is -2.09. The van der Waals surface area contributed by atoms with Crippen LogP contribution < -0.4 is 10.6 Å². The Bertz CT molecular complexity index is 933. The number of halogens is 1. The van der Waals surface area contributed by atoms with Crippen molar-refractivity contribution in [3.63, 3.8) is 0 Å². The summed E-state index contributed by atoms with van der Waals surface area (Å²) in [6, 6.07) is 23.1. The summed E-state index contributed by atoms with van der Waals surface area (Å²) in [6.45, 7) is 2.04. The van der Waals surface area contributed by atoms with Gasteiger partial charge in [0.2, 0.25) is 5.91 Å². The molecule has 0 spiro atoms. The molecule has 0 bridgehead atoms. The molecule has 0 aliphatic heterocycles. The van der Waals surface area contributed by atoms with Gasteiger partial charge in [0.25, 0.3) is 0 Å². The van der Waals surface area contributed by atoms with Crippen molar-refractivity contribution in [3.05, 3.63) is 95.0 Å². The van der Waals surface area contributed by atoms with Gasteiger partial charge < -0.3 is 10.6 Å². The van der Waals surface area contributed by atoms with Crippen LogP contribution in [0.15, 0.2) is 78.9 Å². The lowest BCUT2D eigenvalue weighted by atomic mass is 10.2. The van der Waals surface area contributed by atoms with E-state index < -0.39 is 0 Å². The van der Waals surface area contributed by atoms with Gasteiger partial charge in [-0.3, -0.25) is 4.79 Å². The van der Waals surface area contributed by atoms with E-state index in [1.165, 1.54) is 11.6 Å². The van der Waals surface area contributed by atoms with Crippen LogP contribution >= 0.6 is 11.6 Å². The van der Waals surface area contributed by atoms with E-state index >= 15 is 0 Å². The molecule has 0 aromatic heterocycles. The number of hydrogen-bond donors (Lipinski definition) is 2. The van der Waals surface area contributed by atoms with Crippen molar-refractivity contribution < 1.29 is 4.79 Å². The molecule has 2 N–H and O–H groups in total. The highest BCUT2D eigenvalue weighted by Gasteiger charge is 2.05. The predicted molar refractivity (Wildman–Crippen MR) is 110 cm³/mol. The Hall–Kier alpha value is -3.04. The maximum absolute atomic E-state index is 12.3. The maximum Gasteiger partial charge on any atom is 0.248 e. The number of rotatable bonds is 5. The van der Waals surface area contributed by atoms with E-state index in [0.717, 1.165) is 16.9 Å². The second kappa shape index (κ2) is 8.37. The number of hydrogen-bond acceptors (Lipinski definition) is 2. The summed E-state index contributed by atoms with van der Waals surface area (Å²) < 4.78 is 0. The van der Waals surface area contributed by atoms with Gasteiger partial charge in [-0.05, 0) is 48.9 Å². The number of nitrogens with one attached hydrogen (secondary N) is 2. The van der Waals surface area contributed by atoms with Gasteiger partial charge in [-0.2, -0.15) is 0 Å². The molecule has 3 aromatic rings. The Morgan fingerprint density at radius 2 is 1.54 bits per heavy atom. The van der Waals surface area contributed by atoms with Crippen LogP contribution in [-0.2, 0) is 4.79 Å². The molecule has 0 aliphatic carbocycles. The van der Waals surface area contributed by atoms with Crippen LogP contribution in [0, 0.1) is 6.92 Å². The number of carbonyl (C=O) groups excluding carboxylic acids is 1. The molecule has 3 aromatic carbocycles. The standard InChI is InChI=1S/C22H19ClN2O/c1-16-10-13-18(14-11-16)24-20-8-4-5-9-21(20)25-22(26)15-12-17-6-2-3-7-19(17)23/h2-15,24H,1H3,(H,25,26)/b15-12+. The molecule has 0 aliphatic rings. The van der Waals surface area contributed by atoms with Crippen LogP contribution in [0.5, 0.6) is 0 Å². The Morgan fingerprint density at radius 3 is 2.27 bits per heavy atom. The molecule has 26 heavy (non-hydrogen) atoms. The van der Waals surface area contributed by atoms with Crippen molar-refractivity contribution in [1.82, 2.24) is 0 Å². The summed E-state index contributed by atoms with van der Waals surface area (Å²) in [5.41, 5.74) is 4.50. The molecule has 4 heteroatoms. The van der Waals surface area contributed by atoms with Gasteiger partial charge in [0.15, 0.2) is 0 Å². The zero-order chi connectivity index (χ0) is 18.4. The van der Waals surface area contributed by atoms with Gasteiger partial charge in [0, 0.05) is 16.8 Å². The largest absolute Gasteiger partial charge is 0.354 e. The molecule has 130 valence electrons. The second-order valence-electron chi connectivity index (χ2n) is 5.88. The van der Waals surface area contributed by atoms with Crippen LogP contribution in [-0.4, -0.2) is 5.91 Å². The predicted octanol–water partition coefficient (Wildman–Crippen LogP) is 6.04. The first kappa shape index (κ1) is 17.8. The molecule has 1 amide bonds. The van der Waals surface area contributed by atoms with Gasteiger partial charge in [-0.15, -0.1) is 0 Å². The van der Waals surface area contributed by atoms with E-state index in [2.05, 4.69) is 10.6 Å². The molecular weight excluding hydrogens is 344 g/mol. The van der Waals surface area contributed by atoms with Gasteiger partial charge >= 0.3 is 0 Å². The topological polar surface area (TPSA) is 41.1 Å². The summed E-state index contributed by atoms with van der Waals surface area (Å²) in [6.07, 6.45) is 3.18. The zero-order valence-electron chi connectivity index (χ0n) is 14.4. The highest BCUT2D eigenvalue weighted by Crippen LogP contribution is 2.25. The fraction of sp³-hybridized carbons (Fsp3) is 0.0455. The minimum Gasteiger partial charge on any atom is -0.354 e. The molecule has 0 atom stereocenters. The third kappa shape index (κ3) is 4.74. The van der Waals surface area contributed by atoms with Crippen LogP contribution in [0.1, 0.15) is 11.1 Å². The average Bonchev–Trinajstić information content (AvgIpc) is 2.64. The molecule has 0 unspecified atom stereocenters. The first-order valence-corrected chi connectivity index (χ1v) is 8.66. The van der Waals surface area contributed by atoms with E-state index in [4.69, 9.17) is 11.6 Å².